The minimum absolute atomic E-state index is 0.0105. The molecule has 1 unspecified atom stereocenters. The first-order valence-electron chi connectivity index (χ1n) is 5.17. The van der Waals surface area contributed by atoms with Crippen molar-refractivity contribution in [1.82, 2.24) is 15.6 Å². The first kappa shape index (κ1) is 13.1. The van der Waals surface area contributed by atoms with Gasteiger partial charge in [-0.3, -0.25) is 4.79 Å². The molecule has 17 heavy (non-hydrogen) atoms. The number of hydrogen-bond acceptors (Lipinski definition) is 4. The van der Waals surface area contributed by atoms with Crippen LogP contribution in [0.1, 0.15) is 23.0 Å². The summed E-state index contributed by atoms with van der Waals surface area (Å²) in [6.07, 6.45) is 1.44. The second-order valence-electron chi connectivity index (χ2n) is 3.59. The molecule has 0 spiro atoms. The Morgan fingerprint density at radius 3 is 2.65 bits per heavy atom. The zero-order valence-corrected chi connectivity index (χ0v) is 9.73. The van der Waals surface area contributed by atoms with Gasteiger partial charge in [-0.2, -0.15) is 0 Å². The number of amides is 1. The number of nitrogens with one attached hydrogen (secondary N) is 2. The molecule has 1 aromatic heterocycles. The lowest BCUT2D eigenvalue weighted by Gasteiger charge is -2.10. The molecule has 1 aromatic rings. The van der Waals surface area contributed by atoms with Gasteiger partial charge < -0.3 is 15.7 Å². The van der Waals surface area contributed by atoms with E-state index < -0.39 is 5.97 Å². The van der Waals surface area contributed by atoms with Gasteiger partial charge in [0.15, 0.2) is 0 Å². The van der Waals surface area contributed by atoms with Crippen molar-refractivity contribution in [2.75, 3.05) is 7.05 Å². The van der Waals surface area contributed by atoms with Crippen molar-refractivity contribution < 1.29 is 14.7 Å². The molecule has 3 N–H and O–H groups in total. The molecule has 92 valence electrons. The number of hydrogen-bond donors (Lipinski definition) is 3. The summed E-state index contributed by atoms with van der Waals surface area (Å²) < 4.78 is 0. The van der Waals surface area contributed by atoms with Gasteiger partial charge in [0.2, 0.25) is 5.91 Å². The Hall–Kier alpha value is -1.95. The molecule has 0 bridgehead atoms. The van der Waals surface area contributed by atoms with E-state index >= 15 is 0 Å². The molecular formula is C11H15N3O3. The van der Waals surface area contributed by atoms with Crippen molar-refractivity contribution >= 4 is 11.9 Å². The van der Waals surface area contributed by atoms with Gasteiger partial charge in [-0.15, -0.1) is 0 Å². The lowest BCUT2D eigenvalue weighted by atomic mass is 10.2. The molecule has 1 atom stereocenters. The fourth-order valence-electron chi connectivity index (χ4n) is 1.13. The molecule has 0 saturated carbocycles. The topological polar surface area (TPSA) is 91.3 Å². The van der Waals surface area contributed by atoms with Crippen LogP contribution in [-0.4, -0.2) is 35.1 Å². The molecule has 6 nitrogen and oxygen atoms in total. The van der Waals surface area contributed by atoms with Gasteiger partial charge in [-0.1, -0.05) is 6.07 Å². The molecule has 0 aliphatic heterocycles. The molecule has 0 radical (unpaired) electrons. The first-order valence-corrected chi connectivity index (χ1v) is 5.17. The van der Waals surface area contributed by atoms with Crippen molar-refractivity contribution in [2.45, 2.75) is 19.5 Å². The Morgan fingerprint density at radius 1 is 1.47 bits per heavy atom. The van der Waals surface area contributed by atoms with E-state index in [0.29, 0.717) is 6.54 Å². The molecule has 1 heterocycles. The second-order valence-corrected chi connectivity index (χ2v) is 3.59. The summed E-state index contributed by atoms with van der Waals surface area (Å²) in [4.78, 5) is 25.8. The molecule has 1 rings (SSSR count). The lowest BCUT2D eigenvalue weighted by Crippen LogP contribution is -2.40. The summed E-state index contributed by atoms with van der Waals surface area (Å²) in [6.45, 7) is 2.08. The SMILES string of the molecule is CNC(C)C(=O)NCc1ccc(C(=O)O)nc1. The molecule has 6 heteroatoms. The summed E-state index contributed by atoms with van der Waals surface area (Å²) in [5.41, 5.74) is 0.746. The van der Waals surface area contributed by atoms with Crippen LogP contribution in [0.4, 0.5) is 0 Å². The normalized spacial score (nSPS) is 11.9. The van der Waals surface area contributed by atoms with E-state index in [4.69, 9.17) is 5.11 Å². The predicted octanol–water partition coefficient (Wildman–Crippen LogP) is 0.00390. The quantitative estimate of drug-likeness (QED) is 0.670. The van der Waals surface area contributed by atoms with E-state index in [1.54, 1.807) is 20.0 Å². The highest BCUT2D eigenvalue weighted by atomic mass is 16.4. The summed E-state index contributed by atoms with van der Waals surface area (Å²) >= 11 is 0. The number of carbonyl (C=O) groups excluding carboxylic acids is 1. The maximum atomic E-state index is 11.4. The van der Waals surface area contributed by atoms with Gasteiger partial charge in [-0.05, 0) is 25.6 Å². The number of rotatable bonds is 5. The van der Waals surface area contributed by atoms with Gasteiger partial charge in [0, 0.05) is 12.7 Å². The van der Waals surface area contributed by atoms with Crippen LogP contribution in [0.3, 0.4) is 0 Å². The lowest BCUT2D eigenvalue weighted by molar-refractivity contribution is -0.122. The van der Waals surface area contributed by atoms with Crippen molar-refractivity contribution in [3.05, 3.63) is 29.6 Å². The maximum Gasteiger partial charge on any atom is 0.354 e. The summed E-state index contributed by atoms with van der Waals surface area (Å²) in [6, 6.07) is 2.77. The fraction of sp³-hybridized carbons (Fsp3) is 0.364. The Balaban J connectivity index is 2.53. The standard InChI is InChI=1S/C11H15N3O3/c1-7(12-2)10(15)14-6-8-3-4-9(11(16)17)13-5-8/h3-5,7,12H,6H2,1-2H3,(H,14,15)(H,16,17). The van der Waals surface area contributed by atoms with E-state index in [1.165, 1.54) is 12.3 Å². The highest BCUT2D eigenvalue weighted by Gasteiger charge is 2.09. The zero-order chi connectivity index (χ0) is 12.8. The third-order valence-electron chi connectivity index (χ3n) is 2.34. The average molecular weight is 237 g/mol. The fourth-order valence-corrected chi connectivity index (χ4v) is 1.13. The largest absolute Gasteiger partial charge is 0.477 e. The second kappa shape index (κ2) is 5.95. The molecule has 0 aromatic carbocycles. The number of aromatic carboxylic acids is 1. The number of likely N-dealkylation sites (N-methyl/N-ethyl adjacent to an activating group) is 1. The van der Waals surface area contributed by atoms with Gasteiger partial charge in [0.05, 0.1) is 6.04 Å². The minimum Gasteiger partial charge on any atom is -0.477 e. The van der Waals surface area contributed by atoms with E-state index in [0.717, 1.165) is 5.56 Å². The molecule has 0 aliphatic rings. The Labute approximate surface area is 99.1 Å². The number of aromatic nitrogens is 1. The maximum absolute atomic E-state index is 11.4. The molecule has 0 fully saturated rings. The van der Waals surface area contributed by atoms with E-state index in [9.17, 15) is 9.59 Å². The molecule has 1 amide bonds. The first-order chi connectivity index (χ1) is 8.04. The van der Waals surface area contributed by atoms with Crippen molar-refractivity contribution in [1.29, 1.82) is 0 Å². The highest BCUT2D eigenvalue weighted by molar-refractivity contribution is 5.85. The Kier molecular flexibility index (Phi) is 4.59. The van der Waals surface area contributed by atoms with Crippen LogP contribution in [0.2, 0.25) is 0 Å². The Morgan fingerprint density at radius 2 is 2.18 bits per heavy atom. The van der Waals surface area contributed by atoms with Crippen LogP contribution < -0.4 is 10.6 Å². The molecule has 0 aliphatic carbocycles. The van der Waals surface area contributed by atoms with Crippen LogP contribution >= 0.6 is 0 Å². The third kappa shape index (κ3) is 3.84. The average Bonchev–Trinajstić information content (AvgIpc) is 2.35. The minimum atomic E-state index is -1.07. The monoisotopic (exact) mass is 237 g/mol. The van der Waals surface area contributed by atoms with Crippen LogP contribution in [0.15, 0.2) is 18.3 Å². The van der Waals surface area contributed by atoms with Gasteiger partial charge >= 0.3 is 5.97 Å². The van der Waals surface area contributed by atoms with Crippen molar-refractivity contribution in [3.63, 3.8) is 0 Å². The number of pyridine rings is 1. The van der Waals surface area contributed by atoms with Crippen LogP contribution in [0, 0.1) is 0 Å². The van der Waals surface area contributed by atoms with Crippen molar-refractivity contribution in [2.24, 2.45) is 0 Å². The van der Waals surface area contributed by atoms with Gasteiger partial charge in [-0.25, -0.2) is 9.78 Å². The summed E-state index contributed by atoms with van der Waals surface area (Å²) in [7, 11) is 1.70. The van der Waals surface area contributed by atoms with Crippen LogP contribution in [-0.2, 0) is 11.3 Å². The van der Waals surface area contributed by atoms with E-state index in [1.807, 2.05) is 0 Å². The molecule has 0 saturated heterocycles. The zero-order valence-electron chi connectivity index (χ0n) is 9.73. The van der Waals surface area contributed by atoms with Gasteiger partial charge in [0.1, 0.15) is 5.69 Å². The molecular weight excluding hydrogens is 222 g/mol. The van der Waals surface area contributed by atoms with Gasteiger partial charge in [0.25, 0.3) is 0 Å². The Bertz CT molecular complexity index is 403. The van der Waals surface area contributed by atoms with Crippen molar-refractivity contribution in [3.8, 4) is 0 Å². The van der Waals surface area contributed by atoms with E-state index in [-0.39, 0.29) is 17.6 Å². The number of carboxylic acid groups (broad SMARTS) is 1. The van der Waals surface area contributed by atoms with Crippen LogP contribution in [0.25, 0.3) is 0 Å². The van der Waals surface area contributed by atoms with E-state index in [2.05, 4.69) is 15.6 Å². The highest BCUT2D eigenvalue weighted by Crippen LogP contribution is 2.00. The smallest absolute Gasteiger partial charge is 0.354 e. The number of carbonyl (C=O) groups is 2. The summed E-state index contributed by atoms with van der Waals surface area (Å²) in [5, 5.41) is 14.2. The van der Waals surface area contributed by atoms with Crippen LogP contribution in [0.5, 0.6) is 0 Å². The number of carboxylic acids is 1. The third-order valence-corrected chi connectivity index (χ3v) is 2.34. The predicted molar refractivity (Wildman–Crippen MR) is 61.6 cm³/mol. The summed E-state index contributed by atoms with van der Waals surface area (Å²) in [5.74, 6) is -1.18. The number of nitrogens with zero attached hydrogens (tertiary/aromatic N) is 1.